The number of benzene rings is 2. The Morgan fingerprint density at radius 2 is 1.68 bits per heavy atom. The molecule has 12 heteroatoms. The Bertz CT molecular complexity index is 1310. The van der Waals surface area contributed by atoms with Crippen LogP contribution in [-0.2, 0) is 19.6 Å². The van der Waals surface area contributed by atoms with Gasteiger partial charge in [0.2, 0.25) is 15.9 Å². The van der Waals surface area contributed by atoms with Crippen LogP contribution in [0.1, 0.15) is 43.5 Å². The SMILES string of the molecule is COc1ccc(S(=O)(=O)N2CCC[C@H](NC(=O)C(CC(C)C)NC(=O)c3ccc(OC)c(OC)c3)C(=O)C2)cc1. The predicted molar refractivity (Wildman–Crippen MR) is 148 cm³/mol. The van der Waals surface area contributed by atoms with Crippen molar-refractivity contribution in [2.45, 2.75) is 50.1 Å². The van der Waals surface area contributed by atoms with Crippen LogP contribution in [0.25, 0.3) is 0 Å². The zero-order chi connectivity index (χ0) is 29.4. The minimum absolute atomic E-state index is 0.0541. The first-order chi connectivity index (χ1) is 19.0. The van der Waals surface area contributed by atoms with Crippen molar-refractivity contribution >= 4 is 27.6 Å². The topological polar surface area (TPSA) is 140 Å². The molecule has 1 saturated heterocycles. The summed E-state index contributed by atoms with van der Waals surface area (Å²) in [5, 5.41) is 5.51. The molecular formula is C28H37N3O8S. The number of sulfonamides is 1. The molecule has 218 valence electrons. The summed E-state index contributed by atoms with van der Waals surface area (Å²) in [5.74, 6) is 0.0124. The minimum Gasteiger partial charge on any atom is -0.497 e. The number of carbonyl (C=O) groups excluding carboxylic acids is 3. The first-order valence-corrected chi connectivity index (χ1v) is 14.4. The second-order valence-electron chi connectivity index (χ2n) is 9.91. The standard InChI is InChI=1S/C28H37N3O8S/c1-18(2)15-23(30-27(33)19-8-13-25(38-4)26(16-19)39-5)28(34)29-22-7-6-14-31(17-24(22)32)40(35,36)21-11-9-20(37-3)10-12-21/h8-13,16,18,22-23H,6-7,14-15,17H2,1-5H3,(H,29,34)(H,30,33)/t22-,23?/m0/s1. The van der Waals surface area contributed by atoms with Gasteiger partial charge in [-0.3, -0.25) is 14.4 Å². The van der Waals surface area contributed by atoms with Crippen molar-refractivity contribution in [1.82, 2.24) is 14.9 Å². The van der Waals surface area contributed by atoms with Gasteiger partial charge < -0.3 is 24.8 Å². The Balaban J connectivity index is 1.71. The van der Waals surface area contributed by atoms with Gasteiger partial charge in [-0.1, -0.05) is 13.8 Å². The fourth-order valence-corrected chi connectivity index (χ4v) is 5.89. The van der Waals surface area contributed by atoms with E-state index in [-0.39, 0.29) is 35.9 Å². The number of nitrogens with one attached hydrogen (secondary N) is 2. The fourth-order valence-electron chi connectivity index (χ4n) is 4.44. The van der Waals surface area contributed by atoms with Crippen molar-refractivity contribution in [1.29, 1.82) is 0 Å². The second kappa shape index (κ2) is 13.6. The van der Waals surface area contributed by atoms with Crippen molar-refractivity contribution in [3.05, 3.63) is 48.0 Å². The number of hydrogen-bond acceptors (Lipinski definition) is 8. The summed E-state index contributed by atoms with van der Waals surface area (Å²) < 4.78 is 43.0. The van der Waals surface area contributed by atoms with Crippen LogP contribution in [0.15, 0.2) is 47.4 Å². The molecule has 0 radical (unpaired) electrons. The van der Waals surface area contributed by atoms with E-state index in [0.717, 1.165) is 4.31 Å². The molecule has 1 fully saturated rings. The molecule has 0 aliphatic carbocycles. The highest BCUT2D eigenvalue weighted by Crippen LogP contribution is 2.27. The largest absolute Gasteiger partial charge is 0.497 e. The normalized spacial score (nSPS) is 17.1. The molecule has 1 heterocycles. The molecular weight excluding hydrogens is 538 g/mol. The third-order valence-corrected chi connectivity index (χ3v) is 8.47. The molecule has 2 aromatic rings. The lowest BCUT2D eigenvalue weighted by atomic mass is 10.0. The van der Waals surface area contributed by atoms with Crippen LogP contribution in [0.5, 0.6) is 17.2 Å². The van der Waals surface area contributed by atoms with E-state index in [9.17, 15) is 22.8 Å². The smallest absolute Gasteiger partial charge is 0.252 e. The molecule has 2 amide bonds. The number of methoxy groups -OCH3 is 3. The van der Waals surface area contributed by atoms with Gasteiger partial charge in [0.25, 0.3) is 5.91 Å². The highest BCUT2D eigenvalue weighted by Gasteiger charge is 2.34. The zero-order valence-electron chi connectivity index (χ0n) is 23.4. The van der Waals surface area contributed by atoms with Crippen LogP contribution in [0, 0.1) is 5.92 Å². The predicted octanol–water partition coefficient (Wildman–Crippen LogP) is 2.40. The number of amides is 2. The molecule has 2 atom stereocenters. The summed E-state index contributed by atoms with van der Waals surface area (Å²) in [5.41, 5.74) is 0.282. The van der Waals surface area contributed by atoms with E-state index in [1.165, 1.54) is 39.5 Å². The summed E-state index contributed by atoms with van der Waals surface area (Å²) in [6.07, 6.45) is 0.986. The number of rotatable bonds is 11. The molecule has 2 N–H and O–H groups in total. The average Bonchev–Trinajstić information content (AvgIpc) is 3.13. The Hall–Kier alpha value is -3.64. The van der Waals surface area contributed by atoms with Crippen molar-refractivity contribution in [2.24, 2.45) is 5.92 Å². The molecule has 0 aromatic heterocycles. The number of Topliss-reactive ketones (excluding diaryl/α,β-unsaturated/α-hetero) is 1. The Morgan fingerprint density at radius 3 is 2.27 bits per heavy atom. The Kier molecular flexibility index (Phi) is 10.5. The number of carbonyl (C=O) groups is 3. The van der Waals surface area contributed by atoms with Crippen molar-refractivity contribution in [3.63, 3.8) is 0 Å². The summed E-state index contributed by atoms with van der Waals surface area (Å²) >= 11 is 0. The van der Waals surface area contributed by atoms with Gasteiger partial charge in [-0.15, -0.1) is 0 Å². The highest BCUT2D eigenvalue weighted by molar-refractivity contribution is 7.89. The van der Waals surface area contributed by atoms with Gasteiger partial charge in [0.05, 0.1) is 38.8 Å². The van der Waals surface area contributed by atoms with Crippen LogP contribution in [0.3, 0.4) is 0 Å². The third-order valence-electron chi connectivity index (χ3n) is 6.61. The molecule has 2 aromatic carbocycles. The molecule has 0 spiro atoms. The number of ether oxygens (including phenoxy) is 3. The molecule has 3 rings (SSSR count). The monoisotopic (exact) mass is 575 g/mol. The lowest BCUT2D eigenvalue weighted by molar-refractivity contribution is -0.129. The molecule has 1 aliphatic rings. The lowest BCUT2D eigenvalue weighted by Crippen LogP contribution is -2.52. The van der Waals surface area contributed by atoms with E-state index in [2.05, 4.69) is 10.6 Å². The Labute approximate surface area is 235 Å². The summed E-state index contributed by atoms with van der Waals surface area (Å²) in [7, 11) is 0.517. The van der Waals surface area contributed by atoms with Gasteiger partial charge in [-0.25, -0.2) is 8.42 Å². The molecule has 11 nitrogen and oxygen atoms in total. The highest BCUT2D eigenvalue weighted by atomic mass is 32.2. The maximum Gasteiger partial charge on any atom is 0.252 e. The number of hydrogen-bond donors (Lipinski definition) is 2. The van der Waals surface area contributed by atoms with Crippen molar-refractivity contribution in [3.8, 4) is 17.2 Å². The van der Waals surface area contributed by atoms with E-state index in [0.29, 0.717) is 30.1 Å². The molecule has 0 bridgehead atoms. The minimum atomic E-state index is -3.92. The van der Waals surface area contributed by atoms with E-state index in [1.807, 2.05) is 13.8 Å². The van der Waals surface area contributed by atoms with Gasteiger partial charge in [0.15, 0.2) is 17.3 Å². The van der Waals surface area contributed by atoms with E-state index >= 15 is 0 Å². The van der Waals surface area contributed by atoms with Crippen molar-refractivity contribution < 1.29 is 37.0 Å². The first-order valence-electron chi connectivity index (χ1n) is 13.0. The summed E-state index contributed by atoms with van der Waals surface area (Å²) in [6.45, 7) is 3.60. The van der Waals surface area contributed by atoms with E-state index in [4.69, 9.17) is 14.2 Å². The molecule has 40 heavy (non-hydrogen) atoms. The van der Waals surface area contributed by atoms with Gasteiger partial charge in [-0.05, 0) is 67.6 Å². The van der Waals surface area contributed by atoms with Crippen LogP contribution < -0.4 is 24.8 Å². The summed E-state index contributed by atoms with van der Waals surface area (Å²) in [6, 6.07) is 8.84. The maximum atomic E-state index is 13.3. The van der Waals surface area contributed by atoms with Gasteiger partial charge in [0, 0.05) is 12.1 Å². The maximum absolute atomic E-state index is 13.3. The van der Waals surface area contributed by atoms with E-state index < -0.39 is 39.7 Å². The quantitative estimate of drug-likeness (QED) is 0.416. The summed E-state index contributed by atoms with van der Waals surface area (Å²) in [4.78, 5) is 39.5. The van der Waals surface area contributed by atoms with Crippen molar-refractivity contribution in [2.75, 3.05) is 34.4 Å². The van der Waals surface area contributed by atoms with E-state index in [1.54, 1.807) is 24.3 Å². The third kappa shape index (κ3) is 7.51. The van der Waals surface area contributed by atoms with Gasteiger partial charge >= 0.3 is 0 Å². The fraction of sp³-hybridized carbons (Fsp3) is 0.464. The van der Waals surface area contributed by atoms with Gasteiger partial charge in [0.1, 0.15) is 11.8 Å². The average molecular weight is 576 g/mol. The second-order valence-corrected chi connectivity index (χ2v) is 11.8. The number of ketones is 1. The molecule has 1 unspecified atom stereocenters. The van der Waals surface area contributed by atoms with Crippen LogP contribution in [0.4, 0.5) is 0 Å². The van der Waals surface area contributed by atoms with Crippen LogP contribution >= 0.6 is 0 Å². The molecule has 0 saturated carbocycles. The van der Waals surface area contributed by atoms with Gasteiger partial charge in [-0.2, -0.15) is 4.31 Å². The number of nitrogens with zero attached hydrogens (tertiary/aromatic N) is 1. The lowest BCUT2D eigenvalue weighted by Gasteiger charge is -2.24. The Morgan fingerprint density at radius 1 is 1.00 bits per heavy atom. The zero-order valence-corrected chi connectivity index (χ0v) is 24.2. The first kappa shape index (κ1) is 30.9. The van der Waals surface area contributed by atoms with Crippen LogP contribution in [-0.4, -0.2) is 76.8 Å². The molecule has 1 aliphatic heterocycles. The van der Waals surface area contributed by atoms with Crippen LogP contribution in [0.2, 0.25) is 0 Å².